The van der Waals surface area contributed by atoms with Crippen LogP contribution in [-0.2, 0) is 11.8 Å². The fourth-order valence-corrected chi connectivity index (χ4v) is 5.48. The lowest BCUT2D eigenvalue weighted by Crippen LogP contribution is -2.37. The number of carbonyl (C=O) groups is 1. The van der Waals surface area contributed by atoms with Gasteiger partial charge in [-0.3, -0.25) is 4.79 Å². The summed E-state index contributed by atoms with van der Waals surface area (Å²) in [5, 5.41) is 16.8. The topological polar surface area (TPSA) is 114 Å². The zero-order chi connectivity index (χ0) is 24.4. The van der Waals surface area contributed by atoms with Crippen LogP contribution in [0.2, 0.25) is 0 Å². The Balaban J connectivity index is 1.67. The molecule has 0 radical (unpaired) electrons. The van der Waals surface area contributed by atoms with E-state index in [-0.39, 0.29) is 18.6 Å². The normalized spacial score (nSPS) is 17.3. The smallest absolute Gasteiger partial charge is 0.262 e. The van der Waals surface area contributed by atoms with Crippen LogP contribution in [0.25, 0.3) is 33.0 Å². The van der Waals surface area contributed by atoms with Crippen molar-refractivity contribution < 1.29 is 14.6 Å². The second-order valence-corrected chi connectivity index (χ2v) is 9.72. The standard InChI is InChI=1S/C25H28N6O3S/c1-31-10-8-26-23(31)22-29-21(28-17-12-15(13-17)14-32)19-18(16-6-4-3-5-7-16)20(35-25(19)30-22)24(33)27-9-11-34-2/h3-8,10,15,17,32H,9,11-14H2,1-2H3,(H,27,33)(H,28,29,30). The van der Waals surface area contributed by atoms with Crippen molar-refractivity contribution >= 4 is 33.3 Å². The highest BCUT2D eigenvalue weighted by Gasteiger charge is 2.31. The second-order valence-electron chi connectivity index (χ2n) is 8.72. The van der Waals surface area contributed by atoms with Crippen LogP contribution < -0.4 is 10.6 Å². The van der Waals surface area contributed by atoms with Gasteiger partial charge in [0.05, 0.1) is 12.0 Å². The summed E-state index contributed by atoms with van der Waals surface area (Å²) in [6, 6.07) is 10.1. The predicted octanol–water partition coefficient (Wildman–Crippen LogP) is 3.32. The predicted molar refractivity (Wildman–Crippen MR) is 136 cm³/mol. The van der Waals surface area contributed by atoms with Crippen molar-refractivity contribution in [1.82, 2.24) is 24.8 Å². The first-order valence-corrected chi connectivity index (χ1v) is 12.4. The number of thiophene rings is 1. The molecule has 1 aromatic carbocycles. The van der Waals surface area contributed by atoms with E-state index in [2.05, 4.69) is 15.6 Å². The lowest BCUT2D eigenvalue weighted by Gasteiger charge is -2.35. The lowest BCUT2D eigenvalue weighted by atomic mass is 9.81. The van der Waals surface area contributed by atoms with Gasteiger partial charge < -0.3 is 25.0 Å². The number of aromatic nitrogens is 4. The van der Waals surface area contributed by atoms with Crippen LogP contribution in [0.15, 0.2) is 42.7 Å². The fraction of sp³-hybridized carbons (Fsp3) is 0.360. The number of benzene rings is 1. The van der Waals surface area contributed by atoms with Gasteiger partial charge in [-0.2, -0.15) is 0 Å². The van der Waals surface area contributed by atoms with Crippen LogP contribution in [0, 0.1) is 5.92 Å². The van der Waals surface area contributed by atoms with Crippen molar-refractivity contribution in [3.63, 3.8) is 0 Å². The van der Waals surface area contributed by atoms with E-state index in [1.807, 2.05) is 48.1 Å². The van der Waals surface area contributed by atoms with E-state index in [1.54, 1.807) is 13.3 Å². The van der Waals surface area contributed by atoms with Crippen LogP contribution >= 0.6 is 11.3 Å². The minimum atomic E-state index is -0.169. The second kappa shape index (κ2) is 10.1. The van der Waals surface area contributed by atoms with Gasteiger partial charge in [-0.05, 0) is 24.3 Å². The summed E-state index contributed by atoms with van der Waals surface area (Å²) >= 11 is 1.35. The van der Waals surface area contributed by atoms with Gasteiger partial charge in [0.25, 0.3) is 5.91 Å². The fourth-order valence-electron chi connectivity index (χ4n) is 4.37. The van der Waals surface area contributed by atoms with Gasteiger partial charge in [-0.15, -0.1) is 11.3 Å². The number of amides is 1. The van der Waals surface area contributed by atoms with E-state index in [1.165, 1.54) is 11.3 Å². The molecule has 1 aliphatic rings. The molecule has 1 saturated carbocycles. The number of hydrogen-bond acceptors (Lipinski definition) is 8. The monoisotopic (exact) mass is 492 g/mol. The number of aliphatic hydroxyl groups excluding tert-OH is 1. The van der Waals surface area contributed by atoms with E-state index >= 15 is 0 Å². The van der Waals surface area contributed by atoms with Crippen LogP contribution in [0.1, 0.15) is 22.5 Å². The highest BCUT2D eigenvalue weighted by Crippen LogP contribution is 2.43. The summed E-state index contributed by atoms with van der Waals surface area (Å²) in [4.78, 5) is 28.7. The molecule has 0 aliphatic heterocycles. The Hall–Kier alpha value is -3.34. The van der Waals surface area contributed by atoms with Crippen LogP contribution in [0.4, 0.5) is 5.82 Å². The van der Waals surface area contributed by atoms with Crippen molar-refractivity contribution in [3.8, 4) is 22.8 Å². The number of imidazole rings is 1. The van der Waals surface area contributed by atoms with E-state index in [0.717, 1.165) is 29.4 Å². The minimum Gasteiger partial charge on any atom is -0.396 e. The molecule has 1 amide bonds. The number of ether oxygens (including phenoxy) is 1. The third-order valence-corrected chi connectivity index (χ3v) is 7.35. The summed E-state index contributed by atoms with van der Waals surface area (Å²) in [5.41, 5.74) is 1.74. The van der Waals surface area contributed by atoms with E-state index in [0.29, 0.717) is 46.2 Å². The van der Waals surface area contributed by atoms with E-state index in [4.69, 9.17) is 14.7 Å². The summed E-state index contributed by atoms with van der Waals surface area (Å²) in [6.45, 7) is 1.04. The molecule has 0 unspecified atom stereocenters. The number of methoxy groups -OCH3 is 1. The zero-order valence-corrected chi connectivity index (χ0v) is 20.5. The average molecular weight is 493 g/mol. The van der Waals surface area contributed by atoms with Gasteiger partial charge in [-0.1, -0.05) is 30.3 Å². The Morgan fingerprint density at radius 1 is 1.26 bits per heavy atom. The first-order valence-electron chi connectivity index (χ1n) is 11.6. The molecule has 5 rings (SSSR count). The highest BCUT2D eigenvalue weighted by atomic mass is 32.1. The van der Waals surface area contributed by atoms with Gasteiger partial charge in [0.15, 0.2) is 11.6 Å². The van der Waals surface area contributed by atoms with E-state index in [9.17, 15) is 9.90 Å². The van der Waals surface area contributed by atoms with Crippen LogP contribution in [0.3, 0.4) is 0 Å². The first-order chi connectivity index (χ1) is 17.1. The summed E-state index contributed by atoms with van der Waals surface area (Å²) in [6.07, 6.45) is 5.31. The van der Waals surface area contributed by atoms with Crippen molar-refractivity contribution in [2.24, 2.45) is 13.0 Å². The van der Waals surface area contributed by atoms with Crippen LogP contribution in [-0.4, -0.2) is 63.4 Å². The van der Waals surface area contributed by atoms with E-state index < -0.39 is 0 Å². The molecule has 182 valence electrons. The molecule has 0 bridgehead atoms. The SMILES string of the molecule is COCCNC(=O)c1sc2nc(-c3nccn3C)nc(NC3CC(CO)C3)c2c1-c1ccccc1. The number of carbonyl (C=O) groups excluding carboxylic acids is 1. The Kier molecular flexibility index (Phi) is 6.76. The zero-order valence-electron chi connectivity index (χ0n) is 19.7. The number of rotatable bonds is 9. The van der Waals surface area contributed by atoms with Gasteiger partial charge in [0.1, 0.15) is 15.5 Å². The Morgan fingerprint density at radius 2 is 2.06 bits per heavy atom. The number of fused-ring (bicyclic) bond motifs is 1. The minimum absolute atomic E-state index is 0.169. The molecule has 0 atom stereocenters. The molecule has 0 spiro atoms. The van der Waals surface area contributed by atoms with Gasteiger partial charge in [0, 0.05) is 51.3 Å². The molecule has 35 heavy (non-hydrogen) atoms. The molecule has 4 aromatic rings. The lowest BCUT2D eigenvalue weighted by molar-refractivity contribution is 0.0942. The maximum atomic E-state index is 13.3. The molecule has 1 aliphatic carbocycles. The summed E-state index contributed by atoms with van der Waals surface area (Å²) in [7, 11) is 3.51. The molecule has 10 heteroatoms. The molecular formula is C25H28N6O3S. The number of hydrogen-bond donors (Lipinski definition) is 3. The van der Waals surface area contributed by atoms with Crippen molar-refractivity contribution in [2.75, 3.05) is 32.2 Å². The molecule has 3 heterocycles. The van der Waals surface area contributed by atoms with Crippen molar-refractivity contribution in [2.45, 2.75) is 18.9 Å². The highest BCUT2D eigenvalue weighted by molar-refractivity contribution is 7.21. The molecule has 0 saturated heterocycles. The van der Waals surface area contributed by atoms with Crippen molar-refractivity contribution in [1.29, 1.82) is 0 Å². The maximum Gasteiger partial charge on any atom is 0.262 e. The maximum absolute atomic E-state index is 13.3. The average Bonchev–Trinajstić information content (AvgIpc) is 3.45. The Morgan fingerprint density at radius 3 is 2.74 bits per heavy atom. The molecular weight excluding hydrogens is 464 g/mol. The van der Waals surface area contributed by atoms with Gasteiger partial charge in [-0.25, -0.2) is 15.0 Å². The van der Waals surface area contributed by atoms with Crippen LogP contribution in [0.5, 0.6) is 0 Å². The molecule has 3 aromatic heterocycles. The molecule has 1 fully saturated rings. The third kappa shape index (κ3) is 4.64. The third-order valence-electron chi connectivity index (χ3n) is 6.27. The Bertz CT molecular complexity index is 1330. The summed E-state index contributed by atoms with van der Waals surface area (Å²) < 4.78 is 6.97. The quantitative estimate of drug-likeness (QED) is 0.307. The van der Waals surface area contributed by atoms with Crippen molar-refractivity contribution in [3.05, 3.63) is 47.6 Å². The summed E-state index contributed by atoms with van der Waals surface area (Å²) in [5.74, 6) is 1.96. The molecule has 9 nitrogen and oxygen atoms in total. The first kappa shape index (κ1) is 23.4. The number of nitrogens with zero attached hydrogens (tertiary/aromatic N) is 4. The van der Waals surface area contributed by atoms with Gasteiger partial charge in [0.2, 0.25) is 0 Å². The number of nitrogens with one attached hydrogen (secondary N) is 2. The number of aliphatic hydroxyl groups is 1. The number of anilines is 1. The molecule has 3 N–H and O–H groups in total. The van der Waals surface area contributed by atoms with Gasteiger partial charge >= 0.3 is 0 Å². The number of aryl methyl sites for hydroxylation is 1. The largest absolute Gasteiger partial charge is 0.396 e. The Labute approximate surface area is 207 Å².